The second-order valence-corrected chi connectivity index (χ2v) is 2.89. The van der Waals surface area contributed by atoms with Crippen LogP contribution in [0.2, 0.25) is 0 Å². The van der Waals surface area contributed by atoms with Gasteiger partial charge in [-0.05, 0) is 12.2 Å². The van der Waals surface area contributed by atoms with Crippen molar-refractivity contribution in [1.82, 2.24) is 4.90 Å². The minimum Gasteiger partial charge on any atom is -0.465 e. The van der Waals surface area contributed by atoms with Gasteiger partial charge >= 0.3 is 5.97 Å². The standard InChI is InChI=1S/C10H10N2O2/c1-14-10(13)8-4-2-3-6-12-7-5-11-9(8)12/h2-6H,7H2,1H3. The Balaban J connectivity index is 2.44. The molecule has 4 heteroatoms. The van der Waals surface area contributed by atoms with E-state index in [1.807, 2.05) is 17.2 Å². The molecule has 0 fully saturated rings. The topological polar surface area (TPSA) is 41.9 Å². The summed E-state index contributed by atoms with van der Waals surface area (Å²) in [6, 6.07) is 0. The summed E-state index contributed by atoms with van der Waals surface area (Å²) in [7, 11) is 1.37. The molecule has 0 N–H and O–H groups in total. The molecule has 2 aliphatic rings. The Morgan fingerprint density at radius 3 is 3.21 bits per heavy atom. The molecule has 72 valence electrons. The number of hydrogen-bond donors (Lipinski definition) is 0. The first-order valence-electron chi connectivity index (χ1n) is 4.29. The molecule has 0 unspecified atom stereocenters. The Morgan fingerprint density at radius 1 is 1.57 bits per heavy atom. The van der Waals surface area contributed by atoms with Crippen molar-refractivity contribution in [1.29, 1.82) is 0 Å². The van der Waals surface area contributed by atoms with E-state index in [9.17, 15) is 4.79 Å². The zero-order chi connectivity index (χ0) is 9.97. The average Bonchev–Trinajstić information content (AvgIpc) is 2.57. The summed E-state index contributed by atoms with van der Waals surface area (Å²) >= 11 is 0. The molecule has 0 atom stereocenters. The number of hydrogen-bond acceptors (Lipinski definition) is 4. The fourth-order valence-electron chi connectivity index (χ4n) is 1.38. The first kappa shape index (κ1) is 8.74. The molecule has 2 heterocycles. The summed E-state index contributed by atoms with van der Waals surface area (Å²) in [6.45, 7) is 0.702. The fourth-order valence-corrected chi connectivity index (χ4v) is 1.38. The van der Waals surface area contributed by atoms with Gasteiger partial charge in [-0.15, -0.1) is 0 Å². The molecule has 0 amide bonds. The van der Waals surface area contributed by atoms with Crippen LogP contribution in [-0.2, 0) is 9.53 Å². The molecule has 0 spiro atoms. The van der Waals surface area contributed by atoms with Crippen LogP contribution >= 0.6 is 0 Å². The maximum atomic E-state index is 11.4. The number of nitrogens with zero attached hydrogens (tertiary/aromatic N) is 2. The van der Waals surface area contributed by atoms with Crippen LogP contribution in [0.1, 0.15) is 0 Å². The second-order valence-electron chi connectivity index (χ2n) is 2.89. The normalized spacial score (nSPS) is 18.5. The zero-order valence-electron chi connectivity index (χ0n) is 7.80. The van der Waals surface area contributed by atoms with Gasteiger partial charge in [0.15, 0.2) is 0 Å². The number of rotatable bonds is 1. The van der Waals surface area contributed by atoms with Gasteiger partial charge < -0.3 is 9.64 Å². The third-order valence-corrected chi connectivity index (χ3v) is 2.05. The van der Waals surface area contributed by atoms with E-state index in [1.165, 1.54) is 7.11 Å². The van der Waals surface area contributed by atoms with Crippen molar-refractivity contribution in [2.75, 3.05) is 13.7 Å². The van der Waals surface area contributed by atoms with E-state index in [-0.39, 0.29) is 5.97 Å². The highest BCUT2D eigenvalue weighted by atomic mass is 16.5. The first-order chi connectivity index (χ1) is 6.83. The number of carbonyl (C=O) groups excluding carboxylic acids is 1. The van der Waals surface area contributed by atoms with Crippen molar-refractivity contribution in [3.8, 4) is 0 Å². The van der Waals surface area contributed by atoms with Gasteiger partial charge in [-0.25, -0.2) is 9.79 Å². The van der Waals surface area contributed by atoms with Crippen molar-refractivity contribution in [2.45, 2.75) is 0 Å². The van der Waals surface area contributed by atoms with Crippen molar-refractivity contribution >= 4 is 12.2 Å². The summed E-state index contributed by atoms with van der Waals surface area (Å²) < 4.78 is 4.68. The molecular formula is C10H10N2O2. The van der Waals surface area contributed by atoms with Gasteiger partial charge in [0, 0.05) is 12.4 Å². The van der Waals surface area contributed by atoms with Crippen molar-refractivity contribution < 1.29 is 9.53 Å². The average molecular weight is 190 g/mol. The van der Waals surface area contributed by atoms with Gasteiger partial charge in [-0.3, -0.25) is 0 Å². The number of carbonyl (C=O) groups is 1. The third-order valence-electron chi connectivity index (χ3n) is 2.05. The SMILES string of the molecule is COC(=O)C1=C2N=CCN2C=CC=C1. The lowest BCUT2D eigenvalue weighted by molar-refractivity contribution is -0.135. The van der Waals surface area contributed by atoms with Gasteiger partial charge in [0.2, 0.25) is 0 Å². The highest BCUT2D eigenvalue weighted by molar-refractivity contribution is 5.93. The highest BCUT2D eigenvalue weighted by Gasteiger charge is 2.20. The maximum Gasteiger partial charge on any atom is 0.341 e. The van der Waals surface area contributed by atoms with E-state index in [1.54, 1.807) is 18.4 Å². The molecule has 0 bridgehead atoms. The molecule has 0 aromatic heterocycles. The van der Waals surface area contributed by atoms with E-state index >= 15 is 0 Å². The van der Waals surface area contributed by atoms with Crippen molar-refractivity contribution in [3.05, 3.63) is 35.8 Å². The van der Waals surface area contributed by atoms with E-state index in [0.717, 1.165) is 0 Å². The Kier molecular flexibility index (Phi) is 2.18. The molecule has 14 heavy (non-hydrogen) atoms. The smallest absolute Gasteiger partial charge is 0.341 e. The van der Waals surface area contributed by atoms with Gasteiger partial charge in [0.05, 0.1) is 13.7 Å². The summed E-state index contributed by atoms with van der Waals surface area (Å²) in [5.41, 5.74) is 0.492. The Bertz CT molecular complexity index is 378. The van der Waals surface area contributed by atoms with Crippen LogP contribution in [0.4, 0.5) is 0 Å². The molecule has 0 saturated carbocycles. The predicted octanol–water partition coefficient (Wildman–Crippen LogP) is 0.841. The van der Waals surface area contributed by atoms with Crippen molar-refractivity contribution in [3.63, 3.8) is 0 Å². The molecule has 0 saturated heterocycles. The van der Waals surface area contributed by atoms with E-state index in [2.05, 4.69) is 9.73 Å². The lowest BCUT2D eigenvalue weighted by atomic mass is 10.2. The van der Waals surface area contributed by atoms with Gasteiger partial charge in [0.1, 0.15) is 11.4 Å². The first-order valence-corrected chi connectivity index (χ1v) is 4.29. The molecular weight excluding hydrogens is 180 g/mol. The number of ether oxygens (including phenoxy) is 1. The summed E-state index contributed by atoms with van der Waals surface area (Å²) in [5, 5.41) is 0. The highest BCUT2D eigenvalue weighted by Crippen LogP contribution is 2.20. The number of fused-ring (bicyclic) bond motifs is 1. The molecule has 0 aromatic rings. The van der Waals surface area contributed by atoms with Gasteiger partial charge in [0.25, 0.3) is 0 Å². The quantitative estimate of drug-likeness (QED) is 0.575. The minimum absolute atomic E-state index is 0.357. The number of aliphatic imine (C=N–C) groups is 1. The van der Waals surface area contributed by atoms with E-state index < -0.39 is 0 Å². The minimum atomic E-state index is -0.357. The predicted molar refractivity (Wildman–Crippen MR) is 52.5 cm³/mol. The summed E-state index contributed by atoms with van der Waals surface area (Å²) in [5.74, 6) is 0.297. The Hall–Kier alpha value is -1.84. The van der Waals surface area contributed by atoms with Crippen LogP contribution in [0.5, 0.6) is 0 Å². The molecule has 4 nitrogen and oxygen atoms in total. The van der Waals surface area contributed by atoms with Gasteiger partial charge in [-0.2, -0.15) is 0 Å². The molecule has 0 aromatic carbocycles. The molecule has 0 aliphatic carbocycles. The zero-order valence-corrected chi connectivity index (χ0v) is 7.80. The summed E-state index contributed by atoms with van der Waals surface area (Å²) in [6.07, 6.45) is 9.02. The molecule has 0 radical (unpaired) electrons. The second kappa shape index (κ2) is 3.49. The number of esters is 1. The van der Waals surface area contributed by atoms with Crippen LogP contribution in [0.3, 0.4) is 0 Å². The largest absolute Gasteiger partial charge is 0.465 e. The lowest BCUT2D eigenvalue weighted by Crippen LogP contribution is -2.15. The monoisotopic (exact) mass is 190 g/mol. The van der Waals surface area contributed by atoms with Crippen LogP contribution in [-0.4, -0.2) is 30.7 Å². The van der Waals surface area contributed by atoms with Crippen molar-refractivity contribution in [2.24, 2.45) is 4.99 Å². The number of allylic oxidation sites excluding steroid dienone is 2. The van der Waals surface area contributed by atoms with E-state index in [0.29, 0.717) is 17.9 Å². The summed E-state index contributed by atoms with van der Waals surface area (Å²) in [4.78, 5) is 17.4. The van der Waals surface area contributed by atoms with Crippen LogP contribution in [0.25, 0.3) is 0 Å². The van der Waals surface area contributed by atoms with Crippen LogP contribution in [0.15, 0.2) is 40.8 Å². The molecule has 2 aliphatic heterocycles. The third kappa shape index (κ3) is 1.35. The number of methoxy groups -OCH3 is 1. The van der Waals surface area contributed by atoms with Crippen LogP contribution in [0, 0.1) is 0 Å². The van der Waals surface area contributed by atoms with Gasteiger partial charge in [-0.1, -0.05) is 6.08 Å². The molecule has 2 rings (SSSR count). The van der Waals surface area contributed by atoms with Crippen LogP contribution < -0.4 is 0 Å². The Labute approximate surface area is 81.9 Å². The lowest BCUT2D eigenvalue weighted by Gasteiger charge is -2.13. The Morgan fingerprint density at radius 2 is 2.43 bits per heavy atom. The van der Waals surface area contributed by atoms with E-state index in [4.69, 9.17) is 0 Å². The fraction of sp³-hybridized carbons (Fsp3) is 0.200. The maximum absolute atomic E-state index is 11.4.